The second-order valence-corrected chi connectivity index (χ2v) is 4.21. The summed E-state index contributed by atoms with van der Waals surface area (Å²) in [6, 6.07) is 13.6. The summed E-state index contributed by atoms with van der Waals surface area (Å²) in [7, 11) is 0. The Hall–Kier alpha value is -2.06. The van der Waals surface area contributed by atoms with Gasteiger partial charge in [-0.2, -0.15) is 0 Å². The maximum absolute atomic E-state index is 11.8. The monoisotopic (exact) mass is 258 g/mol. The lowest BCUT2D eigenvalue weighted by atomic mass is 10.1. The molecule has 0 saturated heterocycles. The minimum absolute atomic E-state index is 0.0155. The number of allylic oxidation sites excluding steroid dienone is 1. The molecule has 0 aromatic heterocycles. The van der Waals surface area contributed by atoms with E-state index >= 15 is 0 Å². The Kier molecular flexibility index (Phi) is 3.80. The summed E-state index contributed by atoms with van der Waals surface area (Å²) < 4.78 is 0. The zero-order valence-electron chi connectivity index (χ0n) is 9.51. The van der Waals surface area contributed by atoms with Crippen molar-refractivity contribution in [2.75, 3.05) is 0 Å². The molecule has 0 saturated carbocycles. The van der Waals surface area contributed by atoms with Gasteiger partial charge in [0.25, 0.3) is 0 Å². The third-order valence-electron chi connectivity index (χ3n) is 2.45. The van der Waals surface area contributed by atoms with Gasteiger partial charge in [0.2, 0.25) is 0 Å². The highest BCUT2D eigenvalue weighted by Gasteiger charge is 2.06. The highest BCUT2D eigenvalue weighted by atomic mass is 35.5. The standard InChI is InChI=1S/C15H11ClO2/c16-12-5-3-4-11(10-12)8-9-15(18)13-6-1-2-7-14(13)17/h1-10,17H. The molecule has 2 aromatic carbocycles. The fraction of sp³-hybridized carbons (Fsp3) is 0. The van der Waals surface area contributed by atoms with Gasteiger partial charge in [0, 0.05) is 5.02 Å². The van der Waals surface area contributed by atoms with Crippen molar-refractivity contribution in [1.29, 1.82) is 0 Å². The molecule has 2 nitrogen and oxygen atoms in total. The van der Waals surface area contributed by atoms with Crippen LogP contribution in [0.15, 0.2) is 54.6 Å². The van der Waals surface area contributed by atoms with Gasteiger partial charge in [0.05, 0.1) is 5.56 Å². The summed E-state index contributed by atoms with van der Waals surface area (Å²) in [6.45, 7) is 0. The summed E-state index contributed by atoms with van der Waals surface area (Å²) >= 11 is 5.84. The van der Waals surface area contributed by atoms with Crippen molar-refractivity contribution in [3.63, 3.8) is 0 Å². The number of carbonyl (C=O) groups excluding carboxylic acids is 1. The summed E-state index contributed by atoms with van der Waals surface area (Å²) in [5.74, 6) is -0.258. The molecule has 0 bridgehead atoms. The zero-order valence-corrected chi connectivity index (χ0v) is 10.3. The minimum Gasteiger partial charge on any atom is -0.507 e. The molecule has 0 spiro atoms. The molecule has 3 heteroatoms. The molecule has 0 unspecified atom stereocenters. The van der Waals surface area contributed by atoms with Crippen molar-refractivity contribution in [2.24, 2.45) is 0 Å². The van der Waals surface area contributed by atoms with Crippen LogP contribution in [0, 0.1) is 0 Å². The van der Waals surface area contributed by atoms with E-state index in [2.05, 4.69) is 0 Å². The summed E-state index contributed by atoms with van der Waals surface area (Å²) in [4.78, 5) is 11.8. The average molecular weight is 259 g/mol. The quantitative estimate of drug-likeness (QED) is 0.669. The highest BCUT2D eigenvalue weighted by Crippen LogP contribution is 2.17. The van der Waals surface area contributed by atoms with E-state index in [4.69, 9.17) is 11.6 Å². The molecule has 0 atom stereocenters. The van der Waals surface area contributed by atoms with E-state index < -0.39 is 0 Å². The predicted octanol–water partition coefficient (Wildman–Crippen LogP) is 3.94. The molecule has 0 aliphatic rings. The Morgan fingerprint density at radius 1 is 1.11 bits per heavy atom. The summed E-state index contributed by atoms with van der Waals surface area (Å²) in [5.41, 5.74) is 1.13. The Balaban J connectivity index is 2.20. The number of benzene rings is 2. The van der Waals surface area contributed by atoms with Crippen LogP contribution in [0.1, 0.15) is 15.9 Å². The van der Waals surface area contributed by atoms with Crippen LogP contribution in [0.5, 0.6) is 5.75 Å². The summed E-state index contributed by atoms with van der Waals surface area (Å²) in [6.07, 6.45) is 3.08. The molecular weight excluding hydrogens is 248 g/mol. The normalized spacial score (nSPS) is 10.7. The molecule has 1 N–H and O–H groups in total. The highest BCUT2D eigenvalue weighted by molar-refractivity contribution is 6.30. The zero-order chi connectivity index (χ0) is 13.0. The number of carbonyl (C=O) groups is 1. The SMILES string of the molecule is O=C(C=Cc1cccc(Cl)c1)c1ccccc1O. The first-order valence-corrected chi connectivity index (χ1v) is 5.80. The van der Waals surface area contributed by atoms with Crippen LogP contribution in [0.2, 0.25) is 5.02 Å². The molecule has 0 radical (unpaired) electrons. The van der Waals surface area contributed by atoms with Gasteiger partial charge >= 0.3 is 0 Å². The number of ketones is 1. The van der Waals surface area contributed by atoms with Gasteiger partial charge < -0.3 is 5.11 Å². The number of hydrogen-bond acceptors (Lipinski definition) is 2. The lowest BCUT2D eigenvalue weighted by Gasteiger charge is -1.99. The fourth-order valence-electron chi connectivity index (χ4n) is 1.55. The third kappa shape index (κ3) is 2.99. The average Bonchev–Trinajstić information content (AvgIpc) is 2.37. The largest absolute Gasteiger partial charge is 0.507 e. The molecule has 18 heavy (non-hydrogen) atoms. The summed E-state index contributed by atoms with van der Waals surface area (Å²) in [5, 5.41) is 10.2. The Morgan fingerprint density at radius 2 is 1.89 bits per heavy atom. The number of phenols is 1. The van der Waals surface area contributed by atoms with E-state index in [0.29, 0.717) is 5.02 Å². The maximum atomic E-state index is 11.8. The molecule has 90 valence electrons. The number of aromatic hydroxyl groups is 1. The molecule has 0 fully saturated rings. The van der Waals surface area contributed by atoms with Crippen LogP contribution >= 0.6 is 11.6 Å². The van der Waals surface area contributed by atoms with Crippen molar-refractivity contribution < 1.29 is 9.90 Å². The van der Waals surface area contributed by atoms with E-state index in [-0.39, 0.29) is 17.1 Å². The number of para-hydroxylation sites is 1. The van der Waals surface area contributed by atoms with E-state index in [0.717, 1.165) is 5.56 Å². The number of hydrogen-bond donors (Lipinski definition) is 1. The van der Waals surface area contributed by atoms with Crippen LogP contribution in [0.4, 0.5) is 0 Å². The van der Waals surface area contributed by atoms with Crippen LogP contribution < -0.4 is 0 Å². The Labute approximate surface area is 110 Å². The van der Waals surface area contributed by atoms with E-state index in [1.54, 1.807) is 36.4 Å². The first kappa shape index (κ1) is 12.4. The van der Waals surface area contributed by atoms with Gasteiger partial charge in [0.1, 0.15) is 5.75 Å². The van der Waals surface area contributed by atoms with Gasteiger partial charge in [-0.3, -0.25) is 4.79 Å². The van der Waals surface area contributed by atoms with Crippen LogP contribution in [0.3, 0.4) is 0 Å². The topological polar surface area (TPSA) is 37.3 Å². The van der Waals surface area contributed by atoms with Crippen molar-refractivity contribution in [1.82, 2.24) is 0 Å². The lowest BCUT2D eigenvalue weighted by Crippen LogP contribution is -1.94. The Bertz CT molecular complexity index is 603. The van der Waals surface area contributed by atoms with E-state index in [9.17, 15) is 9.90 Å². The van der Waals surface area contributed by atoms with Crippen molar-refractivity contribution in [2.45, 2.75) is 0 Å². The van der Waals surface area contributed by atoms with Crippen molar-refractivity contribution >= 4 is 23.5 Å². The maximum Gasteiger partial charge on any atom is 0.189 e. The van der Waals surface area contributed by atoms with Crippen molar-refractivity contribution in [3.8, 4) is 5.75 Å². The molecule has 0 aliphatic carbocycles. The van der Waals surface area contributed by atoms with Crippen molar-refractivity contribution in [3.05, 3.63) is 70.8 Å². The molecule has 0 heterocycles. The molecule has 0 aliphatic heterocycles. The van der Waals surface area contributed by atoms with Gasteiger partial charge in [-0.15, -0.1) is 0 Å². The number of phenolic OH excluding ortho intramolecular Hbond substituents is 1. The second kappa shape index (κ2) is 5.52. The predicted molar refractivity (Wildman–Crippen MR) is 72.9 cm³/mol. The molecule has 2 rings (SSSR count). The van der Waals surface area contributed by atoms with Gasteiger partial charge in [-0.25, -0.2) is 0 Å². The van der Waals surface area contributed by atoms with Gasteiger partial charge in [-0.1, -0.05) is 41.9 Å². The third-order valence-corrected chi connectivity index (χ3v) is 2.68. The van der Waals surface area contributed by atoms with Crippen LogP contribution in [-0.2, 0) is 0 Å². The molecule has 0 amide bonds. The molecular formula is C15H11ClO2. The lowest BCUT2D eigenvalue weighted by molar-refractivity contribution is 0.104. The first-order chi connectivity index (χ1) is 8.66. The van der Waals surface area contributed by atoms with Gasteiger partial charge in [0.15, 0.2) is 5.78 Å². The van der Waals surface area contributed by atoms with Crippen LogP contribution in [0.25, 0.3) is 6.08 Å². The van der Waals surface area contributed by atoms with Crippen LogP contribution in [-0.4, -0.2) is 10.9 Å². The Morgan fingerprint density at radius 3 is 2.61 bits per heavy atom. The first-order valence-electron chi connectivity index (χ1n) is 5.43. The van der Waals surface area contributed by atoms with E-state index in [1.807, 2.05) is 12.1 Å². The second-order valence-electron chi connectivity index (χ2n) is 3.77. The van der Waals surface area contributed by atoms with Gasteiger partial charge in [-0.05, 0) is 35.9 Å². The van der Waals surface area contributed by atoms with E-state index in [1.165, 1.54) is 12.1 Å². The number of halogens is 1. The number of rotatable bonds is 3. The minimum atomic E-state index is -0.243. The molecule has 2 aromatic rings. The fourth-order valence-corrected chi connectivity index (χ4v) is 1.75. The smallest absolute Gasteiger partial charge is 0.189 e.